The Labute approximate surface area is 167 Å². The molecule has 140 valence electrons. The van der Waals surface area contributed by atoms with E-state index >= 15 is 0 Å². The van der Waals surface area contributed by atoms with Crippen LogP contribution in [-0.2, 0) is 4.79 Å². The lowest BCUT2D eigenvalue weighted by Gasteiger charge is -2.37. The summed E-state index contributed by atoms with van der Waals surface area (Å²) in [6, 6.07) is 9.26. The third kappa shape index (κ3) is 5.20. The molecular formula is C20H21BrN4O2. The quantitative estimate of drug-likeness (QED) is 0.425. The minimum atomic E-state index is -0.181. The summed E-state index contributed by atoms with van der Waals surface area (Å²) < 4.78 is 5.55. The number of aromatic nitrogens is 2. The molecule has 7 heteroatoms. The molecule has 2 heterocycles. The lowest BCUT2D eigenvalue weighted by Crippen LogP contribution is -2.52. The average Bonchev–Trinajstić information content (AvgIpc) is 2.71. The van der Waals surface area contributed by atoms with Crippen LogP contribution in [0, 0.1) is 11.8 Å². The maximum absolute atomic E-state index is 12.4. The van der Waals surface area contributed by atoms with Crippen molar-refractivity contribution >= 4 is 27.8 Å². The fraction of sp³-hybridized carbons (Fsp3) is 0.350. The summed E-state index contributed by atoms with van der Waals surface area (Å²) in [5.74, 6) is 6.95. The highest BCUT2D eigenvalue weighted by Gasteiger charge is 2.28. The monoisotopic (exact) mass is 428 g/mol. The number of piperazine rings is 1. The number of hydrogen-bond acceptors (Lipinski definition) is 5. The summed E-state index contributed by atoms with van der Waals surface area (Å²) >= 11 is 3.61. The molecule has 0 spiro atoms. The minimum Gasteiger partial charge on any atom is -0.494 e. The van der Waals surface area contributed by atoms with Crippen LogP contribution >= 0.6 is 15.9 Å². The van der Waals surface area contributed by atoms with Crippen molar-refractivity contribution in [3.63, 3.8) is 0 Å². The van der Waals surface area contributed by atoms with Crippen LogP contribution in [0.5, 0.6) is 5.75 Å². The van der Waals surface area contributed by atoms with Crippen LogP contribution in [0.15, 0.2) is 42.7 Å². The van der Waals surface area contributed by atoms with E-state index < -0.39 is 0 Å². The Hall–Kier alpha value is -2.59. The van der Waals surface area contributed by atoms with Gasteiger partial charge in [0.1, 0.15) is 10.7 Å². The third-order valence-corrected chi connectivity index (χ3v) is 4.84. The Morgan fingerprint density at radius 3 is 2.67 bits per heavy atom. The summed E-state index contributed by atoms with van der Waals surface area (Å²) in [6.07, 6.45) is 4.39. The van der Waals surface area contributed by atoms with Crippen molar-refractivity contribution in [3.8, 4) is 17.6 Å². The molecule has 27 heavy (non-hydrogen) atoms. The first kappa shape index (κ1) is 19.2. The maximum Gasteiger partial charge on any atom is 0.298 e. The molecule has 1 amide bonds. The van der Waals surface area contributed by atoms with E-state index in [1.165, 1.54) is 0 Å². The van der Waals surface area contributed by atoms with E-state index in [0.29, 0.717) is 32.2 Å². The second-order valence-electron chi connectivity index (χ2n) is 6.05. The average molecular weight is 429 g/mol. The Kier molecular flexibility index (Phi) is 6.66. The first-order valence-electron chi connectivity index (χ1n) is 8.89. The van der Waals surface area contributed by atoms with Gasteiger partial charge in [-0.3, -0.25) is 4.79 Å². The second kappa shape index (κ2) is 9.38. The predicted molar refractivity (Wildman–Crippen MR) is 108 cm³/mol. The highest BCUT2D eigenvalue weighted by atomic mass is 79.9. The summed E-state index contributed by atoms with van der Waals surface area (Å²) in [4.78, 5) is 24.7. The van der Waals surface area contributed by atoms with Crippen LogP contribution in [0.25, 0.3) is 0 Å². The predicted octanol–water partition coefficient (Wildman–Crippen LogP) is 2.69. The minimum absolute atomic E-state index is 0.0469. The van der Waals surface area contributed by atoms with Crippen LogP contribution in [-0.4, -0.2) is 52.0 Å². The van der Waals surface area contributed by atoms with Gasteiger partial charge in [-0.1, -0.05) is 28.8 Å². The van der Waals surface area contributed by atoms with Gasteiger partial charge < -0.3 is 14.5 Å². The number of amides is 1. The molecule has 1 atom stereocenters. The number of alkyl halides is 1. The number of ether oxygens (including phenoxy) is 1. The second-order valence-corrected chi connectivity index (χ2v) is 7.11. The number of benzene rings is 1. The lowest BCUT2D eigenvalue weighted by atomic mass is 10.2. The number of carbonyl (C=O) groups excluding carboxylic acids is 1. The van der Waals surface area contributed by atoms with Gasteiger partial charge in [0.2, 0.25) is 5.95 Å². The van der Waals surface area contributed by atoms with Gasteiger partial charge in [0.05, 0.1) is 13.2 Å². The van der Waals surface area contributed by atoms with Crippen LogP contribution in [0.1, 0.15) is 18.9 Å². The molecule has 1 saturated heterocycles. The SMILES string of the molecule is CCCOc1ccc(C#CC(=O)N2CCN(c3ncccn3)C(Br)C2)cc1. The highest BCUT2D eigenvalue weighted by molar-refractivity contribution is 9.09. The zero-order chi connectivity index (χ0) is 19.1. The first-order valence-corrected chi connectivity index (χ1v) is 9.80. The number of anilines is 1. The molecule has 6 nitrogen and oxygen atoms in total. The van der Waals surface area contributed by atoms with Gasteiger partial charge in [-0.2, -0.15) is 0 Å². The summed E-state index contributed by atoms with van der Waals surface area (Å²) in [6.45, 7) is 4.51. The molecule has 1 aromatic heterocycles. The molecule has 1 aromatic carbocycles. The smallest absolute Gasteiger partial charge is 0.298 e. The molecule has 0 bridgehead atoms. The van der Waals surface area contributed by atoms with Gasteiger partial charge >= 0.3 is 0 Å². The van der Waals surface area contributed by atoms with E-state index in [0.717, 1.165) is 17.7 Å². The summed E-state index contributed by atoms with van der Waals surface area (Å²) in [5.41, 5.74) is 0.791. The third-order valence-electron chi connectivity index (χ3n) is 4.06. The number of rotatable bonds is 4. The van der Waals surface area contributed by atoms with Crippen molar-refractivity contribution in [1.82, 2.24) is 14.9 Å². The van der Waals surface area contributed by atoms with E-state index in [1.54, 1.807) is 23.4 Å². The van der Waals surface area contributed by atoms with Gasteiger partial charge in [0, 0.05) is 37.0 Å². The van der Waals surface area contributed by atoms with Crippen LogP contribution in [0.2, 0.25) is 0 Å². The van der Waals surface area contributed by atoms with Gasteiger partial charge in [-0.25, -0.2) is 9.97 Å². The number of halogens is 1. The van der Waals surface area contributed by atoms with Gasteiger partial charge in [0.25, 0.3) is 5.91 Å². The fourth-order valence-corrected chi connectivity index (χ4v) is 3.39. The van der Waals surface area contributed by atoms with Crippen molar-refractivity contribution in [3.05, 3.63) is 48.3 Å². The number of nitrogens with zero attached hydrogens (tertiary/aromatic N) is 4. The number of hydrogen-bond donors (Lipinski definition) is 0. The fourth-order valence-electron chi connectivity index (χ4n) is 2.65. The molecule has 2 aromatic rings. The number of carbonyl (C=O) groups is 1. The van der Waals surface area contributed by atoms with E-state index in [4.69, 9.17) is 4.74 Å². The molecule has 3 rings (SSSR count). The van der Waals surface area contributed by atoms with Crippen LogP contribution < -0.4 is 9.64 Å². The Bertz CT molecular complexity index is 817. The molecule has 0 saturated carbocycles. The van der Waals surface area contributed by atoms with Crippen molar-refractivity contribution in [2.24, 2.45) is 0 Å². The maximum atomic E-state index is 12.4. The highest BCUT2D eigenvalue weighted by Crippen LogP contribution is 2.20. The molecule has 1 aliphatic rings. The van der Waals surface area contributed by atoms with Crippen molar-refractivity contribution in [2.75, 3.05) is 31.1 Å². The molecule has 1 aliphatic heterocycles. The normalized spacial score (nSPS) is 16.4. The van der Waals surface area contributed by atoms with E-state index in [9.17, 15) is 4.79 Å². The first-order chi connectivity index (χ1) is 13.2. The Balaban J connectivity index is 1.57. The van der Waals surface area contributed by atoms with Crippen molar-refractivity contribution in [1.29, 1.82) is 0 Å². The molecule has 0 N–H and O–H groups in total. The van der Waals surface area contributed by atoms with E-state index in [2.05, 4.69) is 44.7 Å². The standard InChI is InChI=1S/C20H21BrN4O2/c1-2-14-27-17-7-4-16(5-8-17)6-9-19(26)24-12-13-25(18(21)15-24)20-22-10-3-11-23-20/h3-5,7-8,10-11,18H,2,12-15H2,1H3. The van der Waals surface area contributed by atoms with E-state index in [1.807, 2.05) is 29.2 Å². The lowest BCUT2D eigenvalue weighted by molar-refractivity contribution is -0.125. The Morgan fingerprint density at radius 1 is 1.26 bits per heavy atom. The molecule has 0 aliphatic carbocycles. The zero-order valence-electron chi connectivity index (χ0n) is 15.1. The molecule has 1 fully saturated rings. The topological polar surface area (TPSA) is 58.6 Å². The molecular weight excluding hydrogens is 408 g/mol. The van der Waals surface area contributed by atoms with E-state index in [-0.39, 0.29) is 10.9 Å². The summed E-state index contributed by atoms with van der Waals surface area (Å²) in [5, 5.41) is 0. The van der Waals surface area contributed by atoms with Crippen LogP contribution in [0.4, 0.5) is 5.95 Å². The Morgan fingerprint density at radius 2 is 2.00 bits per heavy atom. The zero-order valence-corrected chi connectivity index (χ0v) is 16.7. The molecule has 1 unspecified atom stereocenters. The van der Waals surface area contributed by atoms with Gasteiger partial charge in [0.15, 0.2) is 0 Å². The van der Waals surface area contributed by atoms with Gasteiger partial charge in [-0.05, 0) is 36.8 Å². The van der Waals surface area contributed by atoms with Crippen molar-refractivity contribution < 1.29 is 9.53 Å². The van der Waals surface area contributed by atoms with Gasteiger partial charge in [-0.15, -0.1) is 0 Å². The van der Waals surface area contributed by atoms with Crippen molar-refractivity contribution in [2.45, 2.75) is 18.3 Å². The largest absolute Gasteiger partial charge is 0.494 e. The summed E-state index contributed by atoms with van der Waals surface area (Å²) in [7, 11) is 0. The molecule has 0 radical (unpaired) electrons. The van der Waals surface area contributed by atoms with Crippen LogP contribution in [0.3, 0.4) is 0 Å².